The van der Waals surface area contributed by atoms with E-state index in [1.807, 2.05) is 73.6 Å². The third kappa shape index (κ3) is 9.58. The molecule has 0 aromatic heterocycles. The van der Waals surface area contributed by atoms with Crippen molar-refractivity contribution < 1.29 is 4.79 Å². The summed E-state index contributed by atoms with van der Waals surface area (Å²) in [5.41, 5.74) is 4.93. The molecule has 1 amide bonds. The van der Waals surface area contributed by atoms with Crippen molar-refractivity contribution in [3.63, 3.8) is 0 Å². The molecule has 4 aliphatic heterocycles. The van der Waals surface area contributed by atoms with E-state index in [0.717, 1.165) is 38.0 Å². The first-order valence-electron chi connectivity index (χ1n) is 17.0. The molecule has 0 saturated carbocycles. The molecule has 0 radical (unpaired) electrons. The maximum Gasteiger partial charge on any atom is 0.247 e. The summed E-state index contributed by atoms with van der Waals surface area (Å²) in [6.07, 6.45) is 5.35. The first-order chi connectivity index (χ1) is 21.0. The van der Waals surface area contributed by atoms with Gasteiger partial charge in [-0.15, -0.1) is 0 Å². The number of allylic oxidation sites excluding steroid dienone is 1. The van der Waals surface area contributed by atoms with Crippen molar-refractivity contribution in [1.29, 1.82) is 0 Å². The van der Waals surface area contributed by atoms with Gasteiger partial charge in [-0.2, -0.15) is 0 Å². The summed E-state index contributed by atoms with van der Waals surface area (Å²) < 4.78 is 0. The summed E-state index contributed by atoms with van der Waals surface area (Å²) in [7, 11) is 4.33. The second-order valence-electron chi connectivity index (χ2n) is 10.5. The minimum atomic E-state index is -0.326. The Kier molecular flexibility index (Phi) is 17.9. The van der Waals surface area contributed by atoms with E-state index < -0.39 is 0 Å². The van der Waals surface area contributed by atoms with Crippen LogP contribution in [0.3, 0.4) is 0 Å². The highest BCUT2D eigenvalue weighted by atomic mass is 16.2. The molecule has 1 N–H and O–H groups in total. The normalized spacial score (nSPS) is 19.0. The number of carbonyl (C=O) groups is 1. The smallest absolute Gasteiger partial charge is 0.247 e. The van der Waals surface area contributed by atoms with E-state index in [1.54, 1.807) is 0 Å². The van der Waals surface area contributed by atoms with Gasteiger partial charge in [0.2, 0.25) is 5.91 Å². The Bertz CT molecular complexity index is 1040. The van der Waals surface area contributed by atoms with Crippen LogP contribution < -0.4 is 15.1 Å². The monoisotopic (exact) mass is 594 g/mol. The lowest BCUT2D eigenvalue weighted by atomic mass is 9.86. The molecule has 0 bridgehead atoms. The minimum absolute atomic E-state index is 0.194. The lowest BCUT2D eigenvalue weighted by Gasteiger charge is -2.42. The van der Waals surface area contributed by atoms with Crippen LogP contribution in [0.2, 0.25) is 0 Å². The maximum absolute atomic E-state index is 12.3. The lowest BCUT2D eigenvalue weighted by molar-refractivity contribution is -0.125. The highest BCUT2D eigenvalue weighted by Gasteiger charge is 2.49. The number of fused-ring (bicyclic) bond motifs is 1. The van der Waals surface area contributed by atoms with Gasteiger partial charge < -0.3 is 24.9 Å². The van der Waals surface area contributed by atoms with Crippen molar-refractivity contribution in [2.24, 2.45) is 0 Å². The van der Waals surface area contributed by atoms with Crippen LogP contribution >= 0.6 is 0 Å². The van der Waals surface area contributed by atoms with Crippen LogP contribution in [0.1, 0.15) is 86.6 Å². The number of piperidine rings is 2. The summed E-state index contributed by atoms with van der Waals surface area (Å²) in [6, 6.07) is 19.6. The molecule has 0 aliphatic carbocycles. The number of rotatable bonds is 2. The third-order valence-electron chi connectivity index (χ3n) is 8.26. The van der Waals surface area contributed by atoms with Crippen molar-refractivity contribution in [1.82, 2.24) is 15.1 Å². The number of nitrogens with zero attached hydrogens (tertiary/aromatic N) is 4. The molecule has 3 saturated heterocycles. The molecule has 1 spiro atoms. The van der Waals surface area contributed by atoms with E-state index in [9.17, 15) is 4.79 Å². The highest BCUT2D eigenvalue weighted by molar-refractivity contribution is 5.93. The SMILES string of the molecule is C=C1Cc2ccccc2N1C1CCN(C)CC1.CC.CC.CC.CC.CN1CCC2(CC1)C(=O)NCN2c1ccccc1. The van der Waals surface area contributed by atoms with Gasteiger partial charge in [0.1, 0.15) is 5.54 Å². The van der Waals surface area contributed by atoms with E-state index in [-0.39, 0.29) is 11.4 Å². The summed E-state index contributed by atoms with van der Waals surface area (Å²) >= 11 is 0. The number of para-hydroxylation sites is 2. The number of benzene rings is 2. The van der Waals surface area contributed by atoms with Crippen molar-refractivity contribution in [3.05, 3.63) is 72.4 Å². The van der Waals surface area contributed by atoms with Gasteiger partial charge in [0.05, 0.1) is 6.67 Å². The molecule has 4 aliphatic rings. The predicted octanol–water partition coefficient (Wildman–Crippen LogP) is 7.81. The van der Waals surface area contributed by atoms with Crippen LogP contribution in [0.5, 0.6) is 0 Å². The van der Waals surface area contributed by atoms with Gasteiger partial charge in [0, 0.05) is 42.6 Å². The first kappa shape index (κ1) is 38.2. The van der Waals surface area contributed by atoms with Gasteiger partial charge in [-0.25, -0.2) is 0 Å². The van der Waals surface area contributed by atoms with E-state index in [1.165, 1.54) is 42.9 Å². The van der Waals surface area contributed by atoms with Crippen molar-refractivity contribution >= 4 is 17.3 Å². The molecule has 2 aromatic carbocycles. The Morgan fingerprint density at radius 3 is 1.84 bits per heavy atom. The highest BCUT2D eigenvalue weighted by Crippen LogP contribution is 2.38. The van der Waals surface area contributed by atoms with Gasteiger partial charge in [0.25, 0.3) is 0 Å². The Balaban J connectivity index is 0.000000350. The zero-order valence-corrected chi connectivity index (χ0v) is 29.2. The van der Waals surface area contributed by atoms with Crippen LogP contribution in [0, 0.1) is 0 Å². The van der Waals surface area contributed by atoms with E-state index >= 15 is 0 Å². The lowest BCUT2D eigenvalue weighted by Crippen LogP contribution is -2.55. The Morgan fingerprint density at radius 1 is 0.744 bits per heavy atom. The molecule has 0 unspecified atom stereocenters. The molecular formula is C37H63N5O. The van der Waals surface area contributed by atoms with E-state index in [2.05, 4.69) is 82.0 Å². The Hall–Kier alpha value is -2.83. The van der Waals surface area contributed by atoms with Gasteiger partial charge >= 0.3 is 0 Å². The molecule has 0 atom stereocenters. The molecule has 3 fully saturated rings. The largest absolute Gasteiger partial charge is 0.342 e. The van der Waals surface area contributed by atoms with Gasteiger partial charge in [-0.3, -0.25) is 4.79 Å². The minimum Gasteiger partial charge on any atom is -0.342 e. The third-order valence-corrected chi connectivity index (χ3v) is 8.26. The predicted molar refractivity (Wildman–Crippen MR) is 189 cm³/mol. The Labute approximate surface area is 265 Å². The van der Waals surface area contributed by atoms with E-state index in [4.69, 9.17) is 0 Å². The first-order valence-corrected chi connectivity index (χ1v) is 17.0. The number of hydrogen-bond acceptors (Lipinski definition) is 5. The molecule has 6 rings (SSSR count). The number of nitrogens with one attached hydrogen (secondary N) is 1. The average Bonchev–Trinajstić information content (AvgIpc) is 3.59. The second kappa shape index (κ2) is 20.2. The van der Waals surface area contributed by atoms with Crippen LogP contribution in [-0.4, -0.2) is 74.2 Å². The van der Waals surface area contributed by atoms with Crippen LogP contribution in [-0.2, 0) is 11.2 Å². The molecule has 6 heteroatoms. The number of hydrogen-bond donors (Lipinski definition) is 1. The number of carbonyl (C=O) groups excluding carboxylic acids is 1. The standard InChI is InChI=1S/C15H20N2.C14H19N3O.4C2H6/c1-12-11-13-5-3-4-6-15(13)17(12)14-7-9-16(2)10-8-14;1-16-9-7-14(8-10-16)13(18)15-11-17(14)12-5-3-2-4-6-12;4*1-2/h3-6,14H,1,7-11H2,2H3;2-6H,7-11H2,1H3,(H,15,18);4*1-2H3. The summed E-state index contributed by atoms with van der Waals surface area (Å²) in [4.78, 5) is 21.7. The molecule has 6 nitrogen and oxygen atoms in total. The zero-order valence-electron chi connectivity index (χ0n) is 29.2. The second-order valence-corrected chi connectivity index (χ2v) is 10.5. The van der Waals surface area contributed by atoms with Gasteiger partial charge in [-0.1, -0.05) is 98.4 Å². The maximum atomic E-state index is 12.3. The summed E-state index contributed by atoms with van der Waals surface area (Å²) in [6.45, 7) is 25.3. The van der Waals surface area contributed by atoms with Crippen LogP contribution in [0.25, 0.3) is 0 Å². The average molecular weight is 594 g/mol. The van der Waals surface area contributed by atoms with Crippen molar-refractivity contribution in [2.75, 3.05) is 56.7 Å². The molecule has 242 valence electrons. The van der Waals surface area contributed by atoms with Crippen LogP contribution in [0.15, 0.2) is 66.9 Å². The zero-order chi connectivity index (χ0) is 32.4. The molecular weight excluding hydrogens is 530 g/mol. The molecule has 4 heterocycles. The van der Waals surface area contributed by atoms with Crippen LogP contribution in [0.4, 0.5) is 11.4 Å². The van der Waals surface area contributed by atoms with Crippen molar-refractivity contribution in [2.45, 2.75) is 99.1 Å². The number of anilines is 2. The fourth-order valence-corrected chi connectivity index (χ4v) is 6.10. The number of amides is 1. The quantitative estimate of drug-likeness (QED) is 0.385. The topological polar surface area (TPSA) is 42.1 Å². The Morgan fingerprint density at radius 2 is 1.26 bits per heavy atom. The summed E-state index contributed by atoms with van der Waals surface area (Å²) in [5.74, 6) is 0.194. The molecule has 43 heavy (non-hydrogen) atoms. The van der Waals surface area contributed by atoms with Gasteiger partial charge in [0.15, 0.2) is 0 Å². The fourth-order valence-electron chi connectivity index (χ4n) is 6.10. The number of likely N-dealkylation sites (tertiary alicyclic amines) is 2. The van der Waals surface area contributed by atoms with E-state index in [0.29, 0.717) is 12.7 Å². The molecule has 2 aromatic rings. The summed E-state index contributed by atoms with van der Waals surface area (Å²) in [5, 5.41) is 3.01. The fraction of sp³-hybridized carbons (Fsp3) is 0.595. The van der Waals surface area contributed by atoms with Gasteiger partial charge in [-0.05, 0) is 76.6 Å². The van der Waals surface area contributed by atoms with Crippen molar-refractivity contribution in [3.8, 4) is 0 Å².